The number of halogens is 1. The third-order valence-electron chi connectivity index (χ3n) is 3.13. The van der Waals surface area contributed by atoms with E-state index in [0.29, 0.717) is 5.02 Å². The van der Waals surface area contributed by atoms with Crippen LogP contribution in [0.2, 0.25) is 5.02 Å². The lowest BCUT2D eigenvalue weighted by molar-refractivity contribution is -0.120. The Bertz CT molecular complexity index is 682. The number of carbonyl (C=O) groups excluding carboxylic acids is 1. The highest BCUT2D eigenvalue weighted by Gasteiger charge is 2.03. The van der Waals surface area contributed by atoms with Crippen LogP contribution in [-0.4, -0.2) is 18.7 Å². The summed E-state index contributed by atoms with van der Waals surface area (Å²) in [5, 5.41) is 7.17. The first-order valence-corrected chi connectivity index (χ1v) is 7.20. The predicted octanol–water partition coefficient (Wildman–Crippen LogP) is 3.95. The molecule has 0 aliphatic carbocycles. The summed E-state index contributed by atoms with van der Waals surface area (Å²) < 4.78 is 0. The van der Waals surface area contributed by atoms with E-state index in [2.05, 4.69) is 10.5 Å². The van der Waals surface area contributed by atoms with Gasteiger partial charge in [0, 0.05) is 10.7 Å². The topological polar surface area (TPSA) is 50.7 Å². The number of carbonyl (C=O) groups is 1. The van der Waals surface area contributed by atoms with E-state index in [4.69, 9.17) is 16.4 Å². The van der Waals surface area contributed by atoms with Crippen molar-refractivity contribution in [3.8, 4) is 0 Å². The first-order chi connectivity index (χ1) is 10.5. The Hall–Kier alpha value is -2.33. The van der Waals surface area contributed by atoms with Gasteiger partial charge in [-0.3, -0.25) is 4.79 Å². The van der Waals surface area contributed by atoms with Crippen LogP contribution in [0.1, 0.15) is 16.7 Å². The van der Waals surface area contributed by atoms with Gasteiger partial charge in [0.15, 0.2) is 6.61 Å². The van der Waals surface area contributed by atoms with E-state index in [1.807, 2.05) is 44.2 Å². The standard InChI is InChI=1S/C17H17ClN2O2/c1-12-3-8-16(9-13(12)2)20-17(21)11-22-19-10-14-4-6-15(18)7-5-14/h3-10H,11H2,1-2H3,(H,20,21)/b19-10+. The normalized spacial score (nSPS) is 10.7. The van der Waals surface area contributed by atoms with Crippen LogP contribution in [-0.2, 0) is 9.63 Å². The summed E-state index contributed by atoms with van der Waals surface area (Å²) >= 11 is 5.78. The van der Waals surface area contributed by atoms with Gasteiger partial charge in [-0.2, -0.15) is 0 Å². The summed E-state index contributed by atoms with van der Waals surface area (Å²) in [6, 6.07) is 12.9. The maximum Gasteiger partial charge on any atom is 0.265 e. The predicted molar refractivity (Wildman–Crippen MR) is 89.5 cm³/mol. The average Bonchev–Trinajstić information content (AvgIpc) is 2.49. The molecule has 2 rings (SSSR count). The lowest BCUT2D eigenvalue weighted by Crippen LogP contribution is -2.17. The number of benzene rings is 2. The van der Waals surface area contributed by atoms with Crippen molar-refractivity contribution in [1.29, 1.82) is 0 Å². The van der Waals surface area contributed by atoms with E-state index in [9.17, 15) is 4.79 Å². The van der Waals surface area contributed by atoms with Crippen molar-refractivity contribution in [2.75, 3.05) is 11.9 Å². The van der Waals surface area contributed by atoms with Gasteiger partial charge in [0.25, 0.3) is 5.91 Å². The molecule has 0 unspecified atom stereocenters. The third-order valence-corrected chi connectivity index (χ3v) is 3.38. The first kappa shape index (κ1) is 16.0. The van der Waals surface area contributed by atoms with Crippen LogP contribution in [0, 0.1) is 13.8 Å². The Balaban J connectivity index is 1.80. The molecule has 0 aromatic heterocycles. The minimum Gasteiger partial charge on any atom is -0.386 e. The van der Waals surface area contributed by atoms with E-state index >= 15 is 0 Å². The third kappa shape index (κ3) is 4.90. The second kappa shape index (κ2) is 7.61. The van der Waals surface area contributed by atoms with E-state index in [1.54, 1.807) is 12.1 Å². The molecule has 0 fully saturated rings. The van der Waals surface area contributed by atoms with Gasteiger partial charge in [-0.15, -0.1) is 0 Å². The zero-order chi connectivity index (χ0) is 15.9. The highest BCUT2D eigenvalue weighted by Crippen LogP contribution is 2.14. The van der Waals surface area contributed by atoms with Gasteiger partial charge in [0.05, 0.1) is 6.21 Å². The number of anilines is 1. The minimum atomic E-state index is -0.253. The number of hydrogen-bond donors (Lipinski definition) is 1. The molecule has 1 amide bonds. The van der Waals surface area contributed by atoms with Crippen LogP contribution in [0.3, 0.4) is 0 Å². The number of rotatable bonds is 5. The van der Waals surface area contributed by atoms with Crippen molar-refractivity contribution < 1.29 is 9.63 Å². The molecule has 0 saturated carbocycles. The van der Waals surface area contributed by atoms with Gasteiger partial charge in [-0.1, -0.05) is 35.0 Å². The fourth-order valence-corrected chi connectivity index (χ4v) is 1.89. The van der Waals surface area contributed by atoms with E-state index < -0.39 is 0 Å². The fourth-order valence-electron chi connectivity index (χ4n) is 1.76. The van der Waals surface area contributed by atoms with Crippen molar-refractivity contribution in [1.82, 2.24) is 0 Å². The lowest BCUT2D eigenvalue weighted by Gasteiger charge is -2.06. The summed E-state index contributed by atoms with van der Waals surface area (Å²) in [6.07, 6.45) is 1.53. The van der Waals surface area contributed by atoms with Crippen LogP contribution in [0.5, 0.6) is 0 Å². The largest absolute Gasteiger partial charge is 0.386 e. The zero-order valence-corrected chi connectivity index (χ0v) is 13.2. The van der Waals surface area contributed by atoms with Crippen molar-refractivity contribution in [2.45, 2.75) is 13.8 Å². The molecule has 0 aliphatic rings. The number of nitrogens with one attached hydrogen (secondary N) is 1. The maximum absolute atomic E-state index is 11.7. The van der Waals surface area contributed by atoms with Crippen LogP contribution >= 0.6 is 11.6 Å². The van der Waals surface area contributed by atoms with Crippen LogP contribution in [0.15, 0.2) is 47.6 Å². The zero-order valence-electron chi connectivity index (χ0n) is 12.5. The molecule has 1 N–H and O–H groups in total. The van der Waals surface area contributed by atoms with Crippen molar-refractivity contribution >= 4 is 29.4 Å². The summed E-state index contributed by atoms with van der Waals surface area (Å²) in [5.74, 6) is -0.253. The first-order valence-electron chi connectivity index (χ1n) is 6.82. The molecule has 0 spiro atoms. The maximum atomic E-state index is 11.7. The van der Waals surface area contributed by atoms with Gasteiger partial charge in [0.2, 0.25) is 0 Å². The Labute approximate surface area is 134 Å². The molecule has 2 aromatic rings. The summed E-state index contributed by atoms with van der Waals surface area (Å²) in [6.45, 7) is 3.88. The second-order valence-corrected chi connectivity index (χ2v) is 5.34. The molecule has 0 aliphatic heterocycles. The number of oxime groups is 1. The molecule has 2 aromatic carbocycles. The van der Waals surface area contributed by atoms with Crippen molar-refractivity contribution in [3.05, 3.63) is 64.2 Å². The summed E-state index contributed by atoms with van der Waals surface area (Å²) in [7, 11) is 0. The van der Waals surface area contributed by atoms with Gasteiger partial charge < -0.3 is 10.2 Å². The van der Waals surface area contributed by atoms with Crippen molar-refractivity contribution in [2.24, 2.45) is 5.16 Å². The fraction of sp³-hybridized carbons (Fsp3) is 0.176. The highest BCUT2D eigenvalue weighted by atomic mass is 35.5. The van der Waals surface area contributed by atoms with E-state index in [-0.39, 0.29) is 12.5 Å². The molecule has 0 bridgehead atoms. The highest BCUT2D eigenvalue weighted by molar-refractivity contribution is 6.30. The average molecular weight is 317 g/mol. The number of hydrogen-bond acceptors (Lipinski definition) is 3. The quantitative estimate of drug-likeness (QED) is 0.671. The van der Waals surface area contributed by atoms with Gasteiger partial charge in [-0.25, -0.2) is 0 Å². The van der Waals surface area contributed by atoms with Crippen LogP contribution < -0.4 is 5.32 Å². The molecule has 0 saturated heterocycles. The minimum absolute atomic E-state index is 0.142. The summed E-state index contributed by atoms with van der Waals surface area (Å²) in [5.41, 5.74) is 3.90. The van der Waals surface area contributed by atoms with E-state index in [1.165, 1.54) is 11.8 Å². The Morgan fingerprint density at radius 3 is 2.59 bits per heavy atom. The molecule has 114 valence electrons. The molecule has 5 heteroatoms. The van der Waals surface area contributed by atoms with Gasteiger partial charge >= 0.3 is 0 Å². The SMILES string of the molecule is Cc1ccc(NC(=O)CO/N=C/c2ccc(Cl)cc2)cc1C. The van der Waals surface area contributed by atoms with Crippen molar-refractivity contribution in [3.63, 3.8) is 0 Å². The molecule has 0 heterocycles. The van der Waals surface area contributed by atoms with Crippen LogP contribution in [0.4, 0.5) is 5.69 Å². The molecular weight excluding hydrogens is 300 g/mol. The summed E-state index contributed by atoms with van der Waals surface area (Å²) in [4.78, 5) is 16.7. The van der Waals surface area contributed by atoms with Gasteiger partial charge in [0.1, 0.15) is 0 Å². The molecular formula is C17H17ClN2O2. The molecule has 22 heavy (non-hydrogen) atoms. The Morgan fingerprint density at radius 1 is 1.18 bits per heavy atom. The number of nitrogens with zero attached hydrogens (tertiary/aromatic N) is 1. The Kier molecular flexibility index (Phi) is 5.55. The number of aryl methyl sites for hydroxylation is 2. The van der Waals surface area contributed by atoms with Gasteiger partial charge in [-0.05, 0) is 54.8 Å². The molecule has 0 atom stereocenters. The van der Waals surface area contributed by atoms with Crippen LogP contribution in [0.25, 0.3) is 0 Å². The van der Waals surface area contributed by atoms with E-state index in [0.717, 1.165) is 16.8 Å². The smallest absolute Gasteiger partial charge is 0.265 e. The monoisotopic (exact) mass is 316 g/mol. The second-order valence-electron chi connectivity index (χ2n) is 4.91. The number of amides is 1. The molecule has 4 nitrogen and oxygen atoms in total. The Morgan fingerprint density at radius 2 is 1.91 bits per heavy atom. The molecule has 0 radical (unpaired) electrons. The lowest BCUT2D eigenvalue weighted by atomic mass is 10.1.